The van der Waals surface area contributed by atoms with Crippen molar-refractivity contribution in [2.75, 3.05) is 32.7 Å². The first-order valence-electron chi connectivity index (χ1n) is 9.16. The minimum absolute atomic E-state index is 0.160. The first-order chi connectivity index (χ1) is 12.0. The third kappa shape index (κ3) is 4.41. The molecule has 1 amide bonds. The van der Waals surface area contributed by atoms with Crippen molar-refractivity contribution in [3.63, 3.8) is 0 Å². The van der Waals surface area contributed by atoms with Crippen molar-refractivity contribution >= 4 is 6.09 Å². The second-order valence-corrected chi connectivity index (χ2v) is 7.19. The maximum absolute atomic E-state index is 12.8. The fourth-order valence-corrected chi connectivity index (χ4v) is 3.81. The van der Waals surface area contributed by atoms with Gasteiger partial charge in [0.1, 0.15) is 5.75 Å². The summed E-state index contributed by atoms with van der Waals surface area (Å²) >= 11 is 0. The highest BCUT2D eigenvalue weighted by atomic mass is 16.6. The summed E-state index contributed by atoms with van der Waals surface area (Å²) in [5.74, 6) is 0.777. The van der Waals surface area contributed by atoms with Gasteiger partial charge in [0.2, 0.25) is 0 Å². The van der Waals surface area contributed by atoms with E-state index in [9.17, 15) is 9.59 Å². The molecule has 7 nitrogen and oxygen atoms in total. The van der Waals surface area contributed by atoms with E-state index in [1.165, 1.54) is 12.3 Å². The minimum Gasteiger partial charge on any atom is -0.410 e. The summed E-state index contributed by atoms with van der Waals surface area (Å²) in [6.07, 6.45) is 3.29. The summed E-state index contributed by atoms with van der Waals surface area (Å²) in [7, 11) is 0. The summed E-state index contributed by atoms with van der Waals surface area (Å²) in [4.78, 5) is 31.0. The number of piperidine rings is 1. The number of hydrogen-bond donors (Lipinski definition) is 2. The molecule has 2 fully saturated rings. The number of rotatable bonds is 3. The number of aromatic nitrogens is 1. The van der Waals surface area contributed by atoms with E-state index in [1.54, 1.807) is 6.07 Å². The van der Waals surface area contributed by atoms with Crippen LogP contribution < -0.4 is 15.6 Å². The molecule has 2 aliphatic rings. The summed E-state index contributed by atoms with van der Waals surface area (Å²) in [6, 6.07) is 3.54. The highest BCUT2D eigenvalue weighted by molar-refractivity contribution is 5.71. The number of hydrogen-bond acceptors (Lipinski definition) is 5. The van der Waals surface area contributed by atoms with Gasteiger partial charge in [0.15, 0.2) is 0 Å². The van der Waals surface area contributed by atoms with Crippen molar-refractivity contribution < 1.29 is 9.53 Å². The molecule has 2 saturated heterocycles. The highest BCUT2D eigenvalue weighted by Gasteiger charge is 2.37. The van der Waals surface area contributed by atoms with E-state index in [4.69, 9.17) is 4.74 Å². The van der Waals surface area contributed by atoms with Crippen LogP contribution in [-0.4, -0.2) is 65.7 Å². The van der Waals surface area contributed by atoms with Crippen molar-refractivity contribution in [1.82, 2.24) is 20.1 Å². The van der Waals surface area contributed by atoms with Crippen molar-refractivity contribution in [1.29, 1.82) is 0 Å². The van der Waals surface area contributed by atoms with Gasteiger partial charge in [-0.25, -0.2) is 4.79 Å². The Labute approximate surface area is 148 Å². The van der Waals surface area contributed by atoms with E-state index >= 15 is 0 Å². The monoisotopic (exact) mass is 348 g/mol. The Morgan fingerprint density at radius 2 is 2.04 bits per heavy atom. The molecule has 2 aliphatic heterocycles. The molecule has 2 N–H and O–H groups in total. The number of ether oxygens (including phenoxy) is 1. The van der Waals surface area contributed by atoms with Crippen LogP contribution >= 0.6 is 0 Å². The van der Waals surface area contributed by atoms with E-state index in [-0.39, 0.29) is 17.7 Å². The topological polar surface area (TPSA) is 77.7 Å². The lowest BCUT2D eigenvalue weighted by Gasteiger charge is -2.46. The maximum Gasteiger partial charge on any atom is 0.415 e. The maximum atomic E-state index is 12.8. The molecule has 3 rings (SSSR count). The van der Waals surface area contributed by atoms with E-state index in [2.05, 4.69) is 29.0 Å². The lowest BCUT2D eigenvalue weighted by Crippen LogP contribution is -2.60. The first-order valence-corrected chi connectivity index (χ1v) is 9.16. The molecule has 0 spiro atoms. The van der Waals surface area contributed by atoms with E-state index in [0.717, 1.165) is 39.0 Å². The predicted molar refractivity (Wildman–Crippen MR) is 95.9 cm³/mol. The average Bonchev–Trinajstić information content (AvgIpc) is 2.62. The molecule has 1 aromatic rings. The third-order valence-corrected chi connectivity index (χ3v) is 5.29. The number of nitrogens with one attached hydrogen (secondary N) is 2. The SMILES string of the molecule is CC(C)N1CCN(C(=O)Oc2cc[nH]c(=O)c2)C(C2CCNCC2)C1. The van der Waals surface area contributed by atoms with Crippen LogP contribution in [0.15, 0.2) is 23.1 Å². The number of carbonyl (C=O) groups is 1. The van der Waals surface area contributed by atoms with E-state index in [1.807, 2.05) is 4.90 Å². The molecule has 138 valence electrons. The number of carbonyl (C=O) groups excluding carboxylic acids is 1. The lowest BCUT2D eigenvalue weighted by atomic mass is 9.87. The van der Waals surface area contributed by atoms with Crippen LogP contribution in [0.1, 0.15) is 26.7 Å². The second-order valence-electron chi connectivity index (χ2n) is 7.19. The van der Waals surface area contributed by atoms with Crippen LogP contribution in [-0.2, 0) is 0 Å². The van der Waals surface area contributed by atoms with Crippen molar-refractivity contribution in [2.24, 2.45) is 5.92 Å². The summed E-state index contributed by atoms with van der Waals surface area (Å²) in [5, 5.41) is 3.39. The number of nitrogens with zero attached hydrogens (tertiary/aromatic N) is 2. The quantitative estimate of drug-likeness (QED) is 0.860. The van der Waals surface area contributed by atoms with Crippen molar-refractivity contribution in [3.8, 4) is 5.75 Å². The summed E-state index contributed by atoms with van der Waals surface area (Å²) in [5.41, 5.74) is -0.273. The largest absolute Gasteiger partial charge is 0.415 e. The van der Waals surface area contributed by atoms with Crippen LogP contribution in [0.25, 0.3) is 0 Å². The number of amides is 1. The van der Waals surface area contributed by atoms with Gasteiger partial charge >= 0.3 is 6.09 Å². The van der Waals surface area contributed by atoms with Crippen LogP contribution in [0.5, 0.6) is 5.75 Å². The molecule has 0 radical (unpaired) electrons. The molecule has 1 atom stereocenters. The Balaban J connectivity index is 1.74. The molecular weight excluding hydrogens is 320 g/mol. The molecule has 0 saturated carbocycles. The fraction of sp³-hybridized carbons (Fsp3) is 0.667. The van der Waals surface area contributed by atoms with Crippen LogP contribution in [0.4, 0.5) is 4.79 Å². The molecule has 1 unspecified atom stereocenters. The Bertz CT molecular complexity index is 639. The zero-order valence-corrected chi connectivity index (χ0v) is 15.0. The lowest BCUT2D eigenvalue weighted by molar-refractivity contribution is 0.0273. The van der Waals surface area contributed by atoms with Gasteiger partial charge in [-0.2, -0.15) is 0 Å². The minimum atomic E-state index is -0.350. The molecular formula is C18H28N4O3. The van der Waals surface area contributed by atoms with Crippen molar-refractivity contribution in [2.45, 2.75) is 38.8 Å². The standard InChI is InChI=1S/C18H28N4O3/c1-13(2)21-9-10-22(16(12-21)14-3-6-19-7-4-14)18(24)25-15-5-8-20-17(23)11-15/h5,8,11,13-14,16,19H,3-4,6-7,9-10,12H2,1-2H3,(H,20,23). The number of aromatic amines is 1. The molecule has 25 heavy (non-hydrogen) atoms. The normalized spacial score (nSPS) is 23.0. The molecule has 3 heterocycles. The van der Waals surface area contributed by atoms with Gasteiger partial charge < -0.3 is 19.9 Å². The van der Waals surface area contributed by atoms with E-state index in [0.29, 0.717) is 24.3 Å². The van der Waals surface area contributed by atoms with Crippen LogP contribution in [0, 0.1) is 5.92 Å². The molecule has 0 bridgehead atoms. The number of pyridine rings is 1. The van der Waals surface area contributed by atoms with Gasteiger partial charge in [-0.05, 0) is 51.8 Å². The second kappa shape index (κ2) is 8.01. The first kappa shape index (κ1) is 17.9. The predicted octanol–water partition coefficient (Wildman–Crippen LogP) is 1.27. The number of piperazine rings is 1. The Morgan fingerprint density at radius 3 is 2.72 bits per heavy atom. The average molecular weight is 348 g/mol. The molecule has 7 heteroatoms. The summed E-state index contributed by atoms with van der Waals surface area (Å²) in [6.45, 7) is 8.79. The highest BCUT2D eigenvalue weighted by Crippen LogP contribution is 2.26. The van der Waals surface area contributed by atoms with E-state index < -0.39 is 0 Å². The van der Waals surface area contributed by atoms with Crippen LogP contribution in [0.3, 0.4) is 0 Å². The van der Waals surface area contributed by atoms with Crippen LogP contribution in [0.2, 0.25) is 0 Å². The molecule has 0 aromatic carbocycles. The Morgan fingerprint density at radius 1 is 1.28 bits per heavy atom. The van der Waals surface area contributed by atoms with Gasteiger partial charge in [-0.15, -0.1) is 0 Å². The number of H-pyrrole nitrogens is 1. The van der Waals surface area contributed by atoms with Gasteiger partial charge in [0.25, 0.3) is 5.56 Å². The Hall–Kier alpha value is -1.86. The zero-order chi connectivity index (χ0) is 17.8. The van der Waals surface area contributed by atoms with Gasteiger partial charge in [0.05, 0.1) is 6.04 Å². The van der Waals surface area contributed by atoms with Gasteiger partial charge in [-0.3, -0.25) is 9.69 Å². The fourth-order valence-electron chi connectivity index (χ4n) is 3.81. The molecule has 1 aromatic heterocycles. The smallest absolute Gasteiger partial charge is 0.410 e. The third-order valence-electron chi connectivity index (χ3n) is 5.29. The Kier molecular flexibility index (Phi) is 5.75. The molecule has 0 aliphatic carbocycles. The summed E-state index contributed by atoms with van der Waals surface area (Å²) < 4.78 is 5.48. The zero-order valence-electron chi connectivity index (χ0n) is 15.0. The van der Waals surface area contributed by atoms with Gasteiger partial charge in [-0.1, -0.05) is 0 Å². The van der Waals surface area contributed by atoms with Crippen molar-refractivity contribution in [3.05, 3.63) is 28.7 Å². The van der Waals surface area contributed by atoms with Gasteiger partial charge in [0, 0.05) is 37.9 Å².